The molecule has 0 atom stereocenters. The third-order valence-electron chi connectivity index (χ3n) is 4.92. The van der Waals surface area contributed by atoms with Crippen LogP contribution in [0.25, 0.3) is 0 Å². The molecule has 6 heteroatoms. The van der Waals surface area contributed by atoms with E-state index in [2.05, 4.69) is 55.2 Å². The molecule has 3 rings (SSSR count). The Morgan fingerprint density at radius 1 is 1.11 bits per heavy atom. The molecule has 0 aliphatic carbocycles. The minimum Gasteiger partial charge on any atom is -0.437 e. The third kappa shape index (κ3) is 4.89. The summed E-state index contributed by atoms with van der Waals surface area (Å²) in [5.74, 6) is 1.72. The fourth-order valence-electron chi connectivity index (χ4n) is 4.10. The molecule has 0 bridgehead atoms. The SMILES string of the molecule is CCc1ccc(Oc2ncnc(NC3CC(C)(C)NC(C)(C)C3)c2N)cc1. The molecule has 1 aliphatic heterocycles. The molecule has 1 saturated heterocycles. The first kappa shape index (κ1) is 19.4. The quantitative estimate of drug-likeness (QED) is 0.735. The molecule has 1 aromatic heterocycles. The lowest BCUT2D eigenvalue weighted by molar-refractivity contribution is 0.170. The average molecular weight is 370 g/mol. The molecule has 0 saturated carbocycles. The van der Waals surface area contributed by atoms with Crippen molar-refractivity contribution in [2.45, 2.75) is 71.0 Å². The summed E-state index contributed by atoms with van der Waals surface area (Å²) in [4.78, 5) is 8.57. The van der Waals surface area contributed by atoms with E-state index in [1.165, 1.54) is 11.9 Å². The predicted molar refractivity (Wildman–Crippen MR) is 110 cm³/mol. The Bertz CT molecular complexity index is 770. The molecule has 2 heterocycles. The summed E-state index contributed by atoms with van der Waals surface area (Å²) in [6.45, 7) is 11.0. The van der Waals surface area contributed by atoms with Gasteiger partial charge in [0, 0.05) is 17.1 Å². The van der Waals surface area contributed by atoms with Gasteiger partial charge in [-0.05, 0) is 64.7 Å². The minimum atomic E-state index is 0.0432. The molecule has 0 amide bonds. The van der Waals surface area contributed by atoms with Crippen LogP contribution in [0.3, 0.4) is 0 Å². The number of piperidine rings is 1. The highest BCUT2D eigenvalue weighted by atomic mass is 16.5. The summed E-state index contributed by atoms with van der Waals surface area (Å²) in [6, 6.07) is 8.23. The molecule has 146 valence electrons. The number of anilines is 2. The van der Waals surface area contributed by atoms with E-state index in [0.717, 1.165) is 19.3 Å². The molecular formula is C21H31N5O. The number of ether oxygens (including phenoxy) is 1. The summed E-state index contributed by atoms with van der Waals surface area (Å²) in [5.41, 5.74) is 8.09. The maximum atomic E-state index is 6.31. The lowest BCUT2D eigenvalue weighted by Gasteiger charge is -2.46. The number of rotatable bonds is 5. The van der Waals surface area contributed by atoms with Crippen LogP contribution in [0.4, 0.5) is 11.5 Å². The number of hydrogen-bond donors (Lipinski definition) is 3. The van der Waals surface area contributed by atoms with E-state index in [1.54, 1.807) is 0 Å². The van der Waals surface area contributed by atoms with Crippen molar-refractivity contribution in [3.8, 4) is 11.6 Å². The van der Waals surface area contributed by atoms with Gasteiger partial charge in [0.25, 0.3) is 0 Å². The number of nitrogens with zero attached hydrogens (tertiary/aromatic N) is 2. The Morgan fingerprint density at radius 2 is 1.74 bits per heavy atom. The lowest BCUT2D eigenvalue weighted by atomic mass is 9.79. The van der Waals surface area contributed by atoms with Gasteiger partial charge >= 0.3 is 0 Å². The zero-order valence-corrected chi connectivity index (χ0v) is 17.0. The molecular weight excluding hydrogens is 338 g/mol. The summed E-state index contributed by atoms with van der Waals surface area (Å²) in [6.07, 6.45) is 4.45. The van der Waals surface area contributed by atoms with Gasteiger partial charge in [0.2, 0.25) is 5.88 Å². The van der Waals surface area contributed by atoms with Gasteiger partial charge in [0.1, 0.15) is 17.8 Å². The van der Waals surface area contributed by atoms with E-state index >= 15 is 0 Å². The van der Waals surface area contributed by atoms with Crippen molar-refractivity contribution in [3.63, 3.8) is 0 Å². The first-order valence-electron chi connectivity index (χ1n) is 9.60. The van der Waals surface area contributed by atoms with Gasteiger partial charge in [-0.25, -0.2) is 4.98 Å². The van der Waals surface area contributed by atoms with Crippen LogP contribution in [0, 0.1) is 0 Å². The molecule has 0 spiro atoms. The monoisotopic (exact) mass is 369 g/mol. The topological polar surface area (TPSA) is 85.1 Å². The van der Waals surface area contributed by atoms with Crippen molar-refractivity contribution in [2.75, 3.05) is 11.1 Å². The summed E-state index contributed by atoms with van der Waals surface area (Å²) < 4.78 is 5.89. The number of nitrogens with one attached hydrogen (secondary N) is 2. The number of aryl methyl sites for hydroxylation is 1. The van der Waals surface area contributed by atoms with Gasteiger partial charge in [-0.15, -0.1) is 0 Å². The Morgan fingerprint density at radius 3 is 2.33 bits per heavy atom. The largest absolute Gasteiger partial charge is 0.437 e. The van der Waals surface area contributed by atoms with Crippen molar-refractivity contribution in [2.24, 2.45) is 0 Å². The van der Waals surface area contributed by atoms with E-state index in [1.807, 2.05) is 24.3 Å². The van der Waals surface area contributed by atoms with Crippen molar-refractivity contribution < 1.29 is 4.74 Å². The molecule has 1 fully saturated rings. The van der Waals surface area contributed by atoms with Gasteiger partial charge in [-0.3, -0.25) is 0 Å². The third-order valence-corrected chi connectivity index (χ3v) is 4.92. The molecule has 1 aromatic carbocycles. The van der Waals surface area contributed by atoms with Crippen molar-refractivity contribution >= 4 is 11.5 Å². The van der Waals surface area contributed by atoms with E-state index in [9.17, 15) is 0 Å². The van der Waals surface area contributed by atoms with Crippen molar-refractivity contribution in [1.29, 1.82) is 0 Å². The summed E-state index contributed by atoms with van der Waals surface area (Å²) in [5, 5.41) is 7.20. The zero-order chi connectivity index (χ0) is 19.7. The second kappa shape index (κ2) is 7.35. The van der Waals surface area contributed by atoms with Crippen molar-refractivity contribution in [3.05, 3.63) is 36.2 Å². The van der Waals surface area contributed by atoms with E-state index in [-0.39, 0.29) is 17.1 Å². The second-order valence-corrected chi connectivity index (χ2v) is 8.68. The highest BCUT2D eigenvalue weighted by Crippen LogP contribution is 2.34. The van der Waals surface area contributed by atoms with E-state index in [4.69, 9.17) is 10.5 Å². The Kier molecular flexibility index (Phi) is 5.29. The van der Waals surface area contributed by atoms with Crippen LogP contribution in [0.2, 0.25) is 0 Å². The Hall–Kier alpha value is -2.34. The standard InChI is InChI=1S/C21H31N5O/c1-6-14-7-9-16(10-8-14)27-19-17(22)18(23-13-24-19)25-15-11-20(2,3)26-21(4,5)12-15/h7-10,13,15,26H,6,11-12,22H2,1-5H3,(H,23,24,25). The fourth-order valence-corrected chi connectivity index (χ4v) is 4.10. The molecule has 6 nitrogen and oxygen atoms in total. The average Bonchev–Trinajstić information content (AvgIpc) is 2.56. The van der Waals surface area contributed by atoms with E-state index < -0.39 is 0 Å². The first-order valence-corrected chi connectivity index (χ1v) is 9.60. The second-order valence-electron chi connectivity index (χ2n) is 8.68. The van der Waals surface area contributed by atoms with Crippen LogP contribution in [0.5, 0.6) is 11.6 Å². The van der Waals surface area contributed by atoms with Crippen molar-refractivity contribution in [1.82, 2.24) is 15.3 Å². The fraction of sp³-hybridized carbons (Fsp3) is 0.524. The molecule has 0 radical (unpaired) electrons. The molecule has 4 N–H and O–H groups in total. The maximum absolute atomic E-state index is 6.31. The van der Waals surface area contributed by atoms with Crippen LogP contribution >= 0.6 is 0 Å². The number of aromatic nitrogens is 2. The first-order chi connectivity index (χ1) is 12.7. The van der Waals surface area contributed by atoms with Gasteiger partial charge in [0.05, 0.1) is 0 Å². The number of benzene rings is 1. The smallest absolute Gasteiger partial charge is 0.248 e. The predicted octanol–water partition coefficient (Wildman–Crippen LogP) is 4.13. The summed E-state index contributed by atoms with van der Waals surface area (Å²) >= 11 is 0. The Labute approximate surface area is 161 Å². The van der Waals surface area contributed by atoms with Gasteiger partial charge < -0.3 is 21.1 Å². The van der Waals surface area contributed by atoms with Gasteiger partial charge in [0.15, 0.2) is 5.82 Å². The highest BCUT2D eigenvalue weighted by Gasteiger charge is 2.38. The molecule has 2 aromatic rings. The van der Waals surface area contributed by atoms with Gasteiger partial charge in [-0.1, -0.05) is 19.1 Å². The maximum Gasteiger partial charge on any atom is 0.248 e. The number of hydrogen-bond acceptors (Lipinski definition) is 6. The van der Waals surface area contributed by atoms with E-state index in [0.29, 0.717) is 23.1 Å². The van der Waals surface area contributed by atoms with Crippen LogP contribution in [0.1, 0.15) is 53.0 Å². The molecule has 1 aliphatic rings. The summed E-state index contributed by atoms with van der Waals surface area (Å²) in [7, 11) is 0. The highest BCUT2D eigenvalue weighted by molar-refractivity contribution is 5.67. The molecule has 0 unspecified atom stereocenters. The van der Waals surface area contributed by atoms with Crippen LogP contribution in [-0.4, -0.2) is 27.1 Å². The number of nitrogen functional groups attached to an aromatic ring is 1. The van der Waals surface area contributed by atoms with Gasteiger partial charge in [-0.2, -0.15) is 4.98 Å². The zero-order valence-electron chi connectivity index (χ0n) is 17.0. The van der Waals surface area contributed by atoms with Crippen LogP contribution in [-0.2, 0) is 6.42 Å². The van der Waals surface area contributed by atoms with Crippen LogP contribution in [0.15, 0.2) is 30.6 Å². The minimum absolute atomic E-state index is 0.0432. The lowest BCUT2D eigenvalue weighted by Crippen LogP contribution is -2.60. The molecule has 27 heavy (non-hydrogen) atoms. The van der Waals surface area contributed by atoms with Crippen LogP contribution < -0.4 is 21.1 Å². The Balaban J connectivity index is 1.76. The normalized spacial score (nSPS) is 18.9. The number of nitrogens with two attached hydrogens (primary N) is 1.